The Hall–Kier alpha value is -2.08. The van der Waals surface area contributed by atoms with E-state index in [-0.39, 0.29) is 10.5 Å². The molecule has 1 aromatic carbocycles. The maximum atomic E-state index is 10.9. The van der Waals surface area contributed by atoms with Crippen LogP contribution in [0, 0.1) is 16.0 Å². The van der Waals surface area contributed by atoms with Crippen LogP contribution in [-0.4, -0.2) is 21.6 Å². The summed E-state index contributed by atoms with van der Waals surface area (Å²) in [4.78, 5) is 14.1. The van der Waals surface area contributed by atoms with Gasteiger partial charge in [-0.2, -0.15) is 0 Å². The van der Waals surface area contributed by atoms with E-state index in [1.54, 1.807) is 6.07 Å². The van der Waals surface area contributed by atoms with Gasteiger partial charge in [0.15, 0.2) is 0 Å². The van der Waals surface area contributed by atoms with Gasteiger partial charge in [0, 0.05) is 12.3 Å². The highest BCUT2D eigenvalue weighted by atomic mass is 35.5. The average Bonchev–Trinajstić information content (AvgIpc) is 3.24. The third kappa shape index (κ3) is 2.22. The van der Waals surface area contributed by atoms with E-state index in [9.17, 15) is 15.2 Å². The summed E-state index contributed by atoms with van der Waals surface area (Å²) in [6.45, 7) is 0.577. The molecule has 20 heavy (non-hydrogen) atoms. The summed E-state index contributed by atoms with van der Waals surface area (Å²) in [6, 6.07) is 2.76. The molecule has 3 rings (SSSR count). The van der Waals surface area contributed by atoms with Crippen molar-refractivity contribution in [2.75, 3.05) is 6.61 Å². The Labute approximate surface area is 119 Å². The number of fused-ring (bicyclic) bond motifs is 1. The number of aromatic nitrogens is 1. The molecule has 6 nitrogen and oxygen atoms in total. The molecular formula is C13H11ClN2O4. The summed E-state index contributed by atoms with van der Waals surface area (Å²) in [7, 11) is 0. The largest absolute Gasteiger partial charge is 0.501 e. The fourth-order valence-corrected chi connectivity index (χ4v) is 2.27. The number of pyridine rings is 1. The maximum absolute atomic E-state index is 10.9. The van der Waals surface area contributed by atoms with E-state index in [1.807, 2.05) is 0 Å². The first-order valence-corrected chi connectivity index (χ1v) is 6.53. The molecule has 1 fully saturated rings. The Morgan fingerprint density at radius 1 is 1.55 bits per heavy atom. The normalized spacial score (nSPS) is 14.4. The molecule has 0 atom stereocenters. The van der Waals surface area contributed by atoms with Gasteiger partial charge in [0.1, 0.15) is 11.3 Å². The van der Waals surface area contributed by atoms with E-state index in [0.29, 0.717) is 23.7 Å². The van der Waals surface area contributed by atoms with Crippen LogP contribution in [-0.2, 0) is 0 Å². The zero-order chi connectivity index (χ0) is 14.3. The predicted octanol–water partition coefficient (Wildman–Crippen LogP) is 3.29. The molecule has 0 saturated heterocycles. The smallest absolute Gasteiger partial charge is 0.314 e. The number of hydrogen-bond donors (Lipinski definition) is 1. The van der Waals surface area contributed by atoms with E-state index in [0.717, 1.165) is 18.9 Å². The fraction of sp³-hybridized carbons (Fsp3) is 0.308. The second-order valence-electron chi connectivity index (χ2n) is 4.77. The zero-order valence-electron chi connectivity index (χ0n) is 10.4. The first-order chi connectivity index (χ1) is 9.58. The predicted molar refractivity (Wildman–Crippen MR) is 73.3 cm³/mol. The number of phenolic OH excluding ortho intramolecular Hbond substituents is 1. The minimum atomic E-state index is -0.694. The summed E-state index contributed by atoms with van der Waals surface area (Å²) in [5.74, 6) is 0.548. The Balaban J connectivity index is 2.13. The molecule has 1 heterocycles. The molecule has 0 amide bonds. The Morgan fingerprint density at radius 3 is 2.95 bits per heavy atom. The number of nitrogens with zero attached hydrogens (tertiary/aromatic N) is 2. The lowest BCUT2D eigenvalue weighted by Gasteiger charge is -2.10. The number of hydrogen-bond acceptors (Lipinski definition) is 5. The van der Waals surface area contributed by atoms with Crippen LogP contribution in [0.1, 0.15) is 12.8 Å². The molecule has 1 aliphatic rings. The van der Waals surface area contributed by atoms with Crippen molar-refractivity contribution in [3.05, 3.63) is 33.5 Å². The van der Waals surface area contributed by atoms with Crippen molar-refractivity contribution in [1.29, 1.82) is 0 Å². The fourth-order valence-electron chi connectivity index (χ4n) is 1.99. The highest BCUT2D eigenvalue weighted by molar-refractivity contribution is 6.36. The van der Waals surface area contributed by atoms with Gasteiger partial charge in [-0.1, -0.05) is 11.6 Å². The molecule has 1 aliphatic carbocycles. The number of ether oxygens (including phenoxy) is 1. The van der Waals surface area contributed by atoms with Crippen molar-refractivity contribution in [3.8, 4) is 11.5 Å². The monoisotopic (exact) mass is 294 g/mol. The number of halogens is 1. The Morgan fingerprint density at radius 2 is 2.30 bits per heavy atom. The molecule has 2 aromatic rings. The number of benzene rings is 1. The second-order valence-corrected chi connectivity index (χ2v) is 5.18. The average molecular weight is 295 g/mol. The molecule has 0 bridgehead atoms. The summed E-state index contributed by atoms with van der Waals surface area (Å²) in [5, 5.41) is 21.3. The highest BCUT2D eigenvalue weighted by Gasteiger charge is 2.25. The molecule has 0 unspecified atom stereocenters. The first-order valence-electron chi connectivity index (χ1n) is 6.15. The van der Waals surface area contributed by atoms with E-state index >= 15 is 0 Å². The van der Waals surface area contributed by atoms with Crippen molar-refractivity contribution < 1.29 is 14.8 Å². The van der Waals surface area contributed by atoms with Crippen LogP contribution < -0.4 is 4.74 Å². The van der Waals surface area contributed by atoms with Gasteiger partial charge in [0.05, 0.1) is 21.9 Å². The molecule has 0 radical (unpaired) electrons. The number of nitro benzene ring substituents is 1. The lowest BCUT2D eigenvalue weighted by atomic mass is 10.1. The third-order valence-corrected chi connectivity index (χ3v) is 3.55. The van der Waals surface area contributed by atoms with Crippen molar-refractivity contribution in [1.82, 2.24) is 4.98 Å². The first kappa shape index (κ1) is 12.9. The second kappa shape index (κ2) is 4.79. The minimum absolute atomic E-state index is 0.0810. The molecular weight excluding hydrogens is 284 g/mol. The van der Waals surface area contributed by atoms with Crippen molar-refractivity contribution >= 4 is 28.2 Å². The Kier molecular flexibility index (Phi) is 3.10. The van der Waals surface area contributed by atoms with Crippen molar-refractivity contribution in [2.45, 2.75) is 12.8 Å². The quantitative estimate of drug-likeness (QED) is 0.691. The van der Waals surface area contributed by atoms with E-state index in [1.165, 1.54) is 6.20 Å². The van der Waals surface area contributed by atoms with Crippen LogP contribution >= 0.6 is 11.6 Å². The van der Waals surface area contributed by atoms with E-state index < -0.39 is 16.4 Å². The van der Waals surface area contributed by atoms with Crippen LogP contribution in [0.2, 0.25) is 5.02 Å². The van der Waals surface area contributed by atoms with Gasteiger partial charge in [-0.25, -0.2) is 0 Å². The van der Waals surface area contributed by atoms with Crippen LogP contribution in [0.3, 0.4) is 0 Å². The standard InChI is InChI=1S/C13H11ClN2O4/c14-8-5-9(16(18)19)13(17)12-11(8)10(3-4-15-12)20-6-7-1-2-7/h3-5,7,17H,1-2,6H2. The molecule has 1 aromatic heterocycles. The Bertz CT molecular complexity index is 700. The summed E-state index contributed by atoms with van der Waals surface area (Å²) in [6.07, 6.45) is 3.73. The maximum Gasteiger partial charge on any atom is 0.314 e. The highest BCUT2D eigenvalue weighted by Crippen LogP contribution is 2.42. The number of aromatic hydroxyl groups is 1. The van der Waals surface area contributed by atoms with Gasteiger partial charge in [0.25, 0.3) is 0 Å². The van der Waals surface area contributed by atoms with Crippen molar-refractivity contribution in [3.63, 3.8) is 0 Å². The lowest BCUT2D eigenvalue weighted by molar-refractivity contribution is -0.385. The van der Waals surface area contributed by atoms with Gasteiger partial charge < -0.3 is 9.84 Å². The number of phenols is 1. The van der Waals surface area contributed by atoms with Crippen molar-refractivity contribution in [2.24, 2.45) is 5.92 Å². The molecule has 0 spiro atoms. The van der Waals surface area contributed by atoms with Crippen LogP contribution in [0.25, 0.3) is 10.9 Å². The number of nitro groups is 1. The zero-order valence-corrected chi connectivity index (χ0v) is 11.1. The van der Waals surface area contributed by atoms with E-state index in [4.69, 9.17) is 16.3 Å². The van der Waals surface area contributed by atoms with Crippen LogP contribution in [0.4, 0.5) is 5.69 Å². The van der Waals surface area contributed by atoms with Gasteiger partial charge in [-0.05, 0) is 24.8 Å². The molecule has 1 saturated carbocycles. The number of rotatable bonds is 4. The molecule has 104 valence electrons. The van der Waals surface area contributed by atoms with Crippen LogP contribution in [0.5, 0.6) is 11.5 Å². The third-order valence-electron chi connectivity index (χ3n) is 3.25. The van der Waals surface area contributed by atoms with Gasteiger partial charge in [0.2, 0.25) is 5.75 Å². The van der Waals surface area contributed by atoms with E-state index in [2.05, 4.69) is 4.98 Å². The van der Waals surface area contributed by atoms with Gasteiger partial charge >= 0.3 is 5.69 Å². The summed E-state index contributed by atoms with van der Waals surface area (Å²) >= 11 is 6.08. The summed E-state index contributed by atoms with van der Waals surface area (Å²) < 4.78 is 5.67. The molecule has 0 aliphatic heterocycles. The lowest BCUT2D eigenvalue weighted by Crippen LogP contribution is -2.00. The SMILES string of the molecule is O=[N+]([O-])c1cc(Cl)c2c(OCC3CC3)ccnc2c1O. The van der Waals surface area contributed by atoms with Gasteiger partial charge in [-0.3, -0.25) is 15.1 Å². The molecule has 1 N–H and O–H groups in total. The van der Waals surface area contributed by atoms with Crippen LogP contribution in [0.15, 0.2) is 18.3 Å². The minimum Gasteiger partial charge on any atom is -0.501 e. The summed E-state index contributed by atoms with van der Waals surface area (Å²) in [5.41, 5.74) is -0.383. The van der Waals surface area contributed by atoms with Gasteiger partial charge in [-0.15, -0.1) is 0 Å². The topological polar surface area (TPSA) is 85.5 Å². The molecule has 7 heteroatoms.